The number of amides is 1. The van der Waals surface area contributed by atoms with Gasteiger partial charge in [-0.05, 0) is 12.1 Å². The molecule has 0 aliphatic rings. The van der Waals surface area contributed by atoms with Crippen molar-refractivity contribution < 1.29 is 4.79 Å². The van der Waals surface area contributed by atoms with E-state index < -0.39 is 0 Å². The Balaban J connectivity index is 1.97. The Kier molecular flexibility index (Phi) is 3.94. The van der Waals surface area contributed by atoms with Crippen LogP contribution in [0.1, 0.15) is 6.92 Å². The molecule has 0 fully saturated rings. The third kappa shape index (κ3) is 3.72. The van der Waals surface area contributed by atoms with E-state index in [1.54, 1.807) is 12.4 Å². The number of nitrogens with one attached hydrogen (secondary N) is 2. The van der Waals surface area contributed by atoms with Gasteiger partial charge in [0.15, 0.2) is 0 Å². The molecule has 2 rings (SSSR count). The summed E-state index contributed by atoms with van der Waals surface area (Å²) in [5.41, 5.74) is 5.20. The molecule has 1 amide bonds. The first kappa shape index (κ1) is 11.9. The molecule has 0 radical (unpaired) electrons. The molecule has 0 bridgehead atoms. The van der Waals surface area contributed by atoms with Crippen molar-refractivity contribution in [1.82, 2.24) is 15.4 Å². The van der Waals surface area contributed by atoms with Gasteiger partial charge >= 0.3 is 0 Å². The van der Waals surface area contributed by atoms with Gasteiger partial charge < -0.3 is 0 Å². The summed E-state index contributed by atoms with van der Waals surface area (Å²) in [6.07, 6.45) is 3.49. The zero-order valence-electron chi connectivity index (χ0n) is 9.01. The van der Waals surface area contributed by atoms with Crippen molar-refractivity contribution in [3.8, 4) is 0 Å². The largest absolute Gasteiger partial charge is 0.274 e. The predicted molar refractivity (Wildman–Crippen MR) is 67.9 cm³/mol. The van der Waals surface area contributed by atoms with Crippen LogP contribution in [0, 0.1) is 0 Å². The number of pyridine rings is 1. The number of rotatable bonds is 4. The van der Waals surface area contributed by atoms with Crippen LogP contribution in [0.2, 0.25) is 0 Å². The molecule has 17 heavy (non-hydrogen) atoms. The van der Waals surface area contributed by atoms with Gasteiger partial charge in [-0.1, -0.05) is 29.2 Å². The van der Waals surface area contributed by atoms with Crippen LogP contribution in [0.25, 0.3) is 0 Å². The highest BCUT2D eigenvalue weighted by Crippen LogP contribution is 2.32. The summed E-state index contributed by atoms with van der Waals surface area (Å²) in [5, 5.41) is 1.57. The van der Waals surface area contributed by atoms with Crippen molar-refractivity contribution in [1.29, 1.82) is 0 Å². The molecule has 2 heterocycles. The van der Waals surface area contributed by atoms with Gasteiger partial charge in [0.05, 0.1) is 10.4 Å². The van der Waals surface area contributed by atoms with Crippen LogP contribution in [0.4, 0.5) is 5.13 Å². The van der Waals surface area contributed by atoms with Crippen molar-refractivity contribution in [3.63, 3.8) is 0 Å². The molecule has 0 spiro atoms. The highest BCUT2D eigenvalue weighted by Gasteiger charge is 2.04. The Morgan fingerprint density at radius 3 is 3.00 bits per heavy atom. The normalized spacial score (nSPS) is 9.94. The maximum absolute atomic E-state index is 10.7. The highest BCUT2D eigenvalue weighted by atomic mass is 32.2. The Morgan fingerprint density at radius 1 is 1.41 bits per heavy atom. The van der Waals surface area contributed by atoms with E-state index in [1.807, 2.05) is 18.2 Å². The number of hydrazine groups is 1. The van der Waals surface area contributed by atoms with Crippen LogP contribution in [-0.4, -0.2) is 15.9 Å². The van der Waals surface area contributed by atoms with Crippen molar-refractivity contribution in [2.45, 2.75) is 16.2 Å². The summed E-state index contributed by atoms with van der Waals surface area (Å²) in [6, 6.07) is 5.75. The fourth-order valence-electron chi connectivity index (χ4n) is 1.02. The number of carbonyl (C=O) groups excluding carboxylic acids is 1. The molecule has 0 aliphatic heterocycles. The van der Waals surface area contributed by atoms with E-state index >= 15 is 0 Å². The first-order valence-electron chi connectivity index (χ1n) is 4.81. The van der Waals surface area contributed by atoms with Crippen molar-refractivity contribution >= 4 is 34.1 Å². The number of aromatic nitrogens is 2. The summed E-state index contributed by atoms with van der Waals surface area (Å²) in [5.74, 6) is -0.154. The minimum absolute atomic E-state index is 0.154. The van der Waals surface area contributed by atoms with E-state index in [0.29, 0.717) is 5.13 Å². The van der Waals surface area contributed by atoms with Crippen molar-refractivity contribution in [2.75, 3.05) is 5.43 Å². The van der Waals surface area contributed by atoms with E-state index in [0.717, 1.165) is 9.24 Å². The maximum Gasteiger partial charge on any atom is 0.235 e. The lowest BCUT2D eigenvalue weighted by Crippen LogP contribution is -2.26. The molecule has 0 atom stereocenters. The second-order valence-electron chi connectivity index (χ2n) is 3.06. The first-order valence-corrected chi connectivity index (χ1v) is 6.44. The molecule has 0 aliphatic carbocycles. The predicted octanol–water partition coefficient (Wildman–Crippen LogP) is 2.15. The Bertz CT molecular complexity index is 500. The molecule has 2 N–H and O–H groups in total. The number of hydrogen-bond acceptors (Lipinski definition) is 6. The molecule has 0 aromatic carbocycles. The monoisotopic (exact) mass is 266 g/mol. The van der Waals surface area contributed by atoms with Crippen LogP contribution < -0.4 is 10.9 Å². The maximum atomic E-state index is 10.7. The average molecular weight is 266 g/mol. The van der Waals surface area contributed by atoms with Gasteiger partial charge in [0.1, 0.15) is 5.03 Å². The average Bonchev–Trinajstić information content (AvgIpc) is 2.75. The summed E-state index contributed by atoms with van der Waals surface area (Å²) < 4.78 is 1.01. The van der Waals surface area contributed by atoms with Crippen LogP contribution >= 0.6 is 23.1 Å². The lowest BCUT2D eigenvalue weighted by Gasteiger charge is -2.00. The standard InChI is InChI=1S/C10H10N4OS2/c1-7(15)13-14-10-12-6-9(17-10)16-8-4-2-3-5-11-8/h2-6H,1H3,(H,12,14)(H,13,15). The second-order valence-corrected chi connectivity index (χ2v) is 5.41. The first-order chi connectivity index (χ1) is 8.24. The van der Waals surface area contributed by atoms with Crippen LogP contribution in [0.3, 0.4) is 0 Å². The molecule has 0 saturated heterocycles. The molecule has 2 aromatic heterocycles. The summed E-state index contributed by atoms with van der Waals surface area (Å²) in [6.45, 7) is 1.43. The third-order valence-electron chi connectivity index (χ3n) is 1.67. The number of anilines is 1. The number of carbonyl (C=O) groups is 1. The summed E-state index contributed by atoms with van der Waals surface area (Å²) in [4.78, 5) is 19.0. The Labute approximate surface area is 107 Å². The molecule has 5 nitrogen and oxygen atoms in total. The highest BCUT2D eigenvalue weighted by molar-refractivity contribution is 8.01. The minimum Gasteiger partial charge on any atom is -0.274 e. The Morgan fingerprint density at radius 2 is 2.29 bits per heavy atom. The summed E-state index contributed by atoms with van der Waals surface area (Å²) >= 11 is 2.99. The van der Waals surface area contributed by atoms with Gasteiger partial charge in [0.25, 0.3) is 0 Å². The molecule has 7 heteroatoms. The van der Waals surface area contributed by atoms with E-state index in [9.17, 15) is 4.79 Å². The van der Waals surface area contributed by atoms with Crippen LogP contribution in [0.15, 0.2) is 39.8 Å². The number of nitrogens with zero attached hydrogens (tertiary/aromatic N) is 2. The SMILES string of the molecule is CC(=O)NNc1ncc(Sc2ccccn2)s1. The van der Waals surface area contributed by atoms with E-state index in [4.69, 9.17) is 0 Å². The van der Waals surface area contributed by atoms with Crippen LogP contribution in [0.5, 0.6) is 0 Å². The molecule has 2 aromatic rings. The van der Waals surface area contributed by atoms with E-state index in [1.165, 1.54) is 30.0 Å². The van der Waals surface area contributed by atoms with Crippen molar-refractivity contribution in [3.05, 3.63) is 30.6 Å². The molecular weight excluding hydrogens is 256 g/mol. The smallest absolute Gasteiger partial charge is 0.235 e. The van der Waals surface area contributed by atoms with E-state index in [2.05, 4.69) is 20.8 Å². The van der Waals surface area contributed by atoms with Crippen LogP contribution in [-0.2, 0) is 4.79 Å². The van der Waals surface area contributed by atoms with E-state index in [-0.39, 0.29) is 5.91 Å². The lowest BCUT2D eigenvalue weighted by atomic mass is 10.5. The number of thiazole rings is 1. The lowest BCUT2D eigenvalue weighted by molar-refractivity contribution is -0.118. The molecule has 88 valence electrons. The van der Waals surface area contributed by atoms with Gasteiger partial charge in [-0.2, -0.15) is 0 Å². The van der Waals surface area contributed by atoms with Gasteiger partial charge in [-0.15, -0.1) is 0 Å². The fourth-order valence-corrected chi connectivity index (χ4v) is 2.75. The van der Waals surface area contributed by atoms with Gasteiger partial charge in [0.2, 0.25) is 11.0 Å². The van der Waals surface area contributed by atoms with Gasteiger partial charge in [-0.25, -0.2) is 9.97 Å². The zero-order valence-corrected chi connectivity index (χ0v) is 10.6. The quantitative estimate of drug-likeness (QED) is 0.830. The minimum atomic E-state index is -0.154. The zero-order chi connectivity index (χ0) is 12.1. The number of hydrogen-bond donors (Lipinski definition) is 2. The summed E-state index contributed by atoms with van der Waals surface area (Å²) in [7, 11) is 0. The molecule has 0 unspecified atom stereocenters. The van der Waals surface area contributed by atoms with Gasteiger partial charge in [-0.3, -0.25) is 15.6 Å². The third-order valence-corrected chi connectivity index (χ3v) is 3.64. The topological polar surface area (TPSA) is 66.9 Å². The fraction of sp³-hybridized carbons (Fsp3) is 0.100. The van der Waals surface area contributed by atoms with Crippen molar-refractivity contribution in [2.24, 2.45) is 0 Å². The second kappa shape index (κ2) is 5.65. The molecule has 0 saturated carbocycles. The Hall–Kier alpha value is -1.60. The van der Waals surface area contributed by atoms with Gasteiger partial charge in [0, 0.05) is 13.1 Å². The molecular formula is C10H10N4OS2.